The first-order valence-corrected chi connectivity index (χ1v) is 6.60. The highest BCUT2D eigenvalue weighted by molar-refractivity contribution is 5.87. The summed E-state index contributed by atoms with van der Waals surface area (Å²) in [6, 6.07) is 17.9. The lowest BCUT2D eigenvalue weighted by molar-refractivity contribution is 0.463. The van der Waals surface area contributed by atoms with Gasteiger partial charge in [0.15, 0.2) is 0 Å². The highest BCUT2D eigenvalue weighted by Crippen LogP contribution is 2.30. The van der Waals surface area contributed by atoms with Crippen LogP contribution in [0.2, 0.25) is 0 Å². The number of pyridine rings is 1. The molecule has 100 valence electrons. The fraction of sp³-hybridized carbons (Fsp3) is 0.118. The Morgan fingerprint density at radius 2 is 1.80 bits per heavy atom. The Kier molecular flexibility index (Phi) is 3.35. The SMILES string of the molecule is Cc1ccccc1Oc1nc(CN)cc2ccccc12. The van der Waals surface area contributed by atoms with Crippen molar-refractivity contribution in [1.82, 2.24) is 4.98 Å². The Hall–Kier alpha value is -2.39. The van der Waals surface area contributed by atoms with Crippen molar-refractivity contribution in [3.05, 3.63) is 65.9 Å². The number of fused-ring (bicyclic) bond motifs is 1. The average molecular weight is 264 g/mol. The fourth-order valence-corrected chi connectivity index (χ4v) is 2.18. The van der Waals surface area contributed by atoms with E-state index in [9.17, 15) is 0 Å². The molecule has 0 spiro atoms. The highest BCUT2D eigenvalue weighted by atomic mass is 16.5. The molecule has 0 radical (unpaired) electrons. The van der Waals surface area contributed by atoms with Crippen LogP contribution in [0.1, 0.15) is 11.3 Å². The van der Waals surface area contributed by atoms with E-state index in [1.54, 1.807) is 0 Å². The molecular weight excluding hydrogens is 248 g/mol. The molecule has 20 heavy (non-hydrogen) atoms. The van der Waals surface area contributed by atoms with E-state index < -0.39 is 0 Å². The quantitative estimate of drug-likeness (QED) is 0.782. The van der Waals surface area contributed by atoms with Gasteiger partial charge in [0.1, 0.15) is 5.75 Å². The van der Waals surface area contributed by atoms with E-state index in [-0.39, 0.29) is 0 Å². The van der Waals surface area contributed by atoms with Gasteiger partial charge in [0.2, 0.25) is 5.88 Å². The molecule has 1 aromatic heterocycles. The monoisotopic (exact) mass is 264 g/mol. The molecule has 3 aromatic rings. The zero-order chi connectivity index (χ0) is 13.9. The largest absolute Gasteiger partial charge is 0.438 e. The number of benzene rings is 2. The van der Waals surface area contributed by atoms with Crippen molar-refractivity contribution in [2.24, 2.45) is 5.73 Å². The second-order valence-electron chi connectivity index (χ2n) is 4.71. The first-order chi connectivity index (χ1) is 9.78. The van der Waals surface area contributed by atoms with Crippen LogP contribution in [0.5, 0.6) is 11.6 Å². The van der Waals surface area contributed by atoms with Gasteiger partial charge in [0.25, 0.3) is 0 Å². The Bertz CT molecular complexity index is 753. The van der Waals surface area contributed by atoms with Crippen molar-refractivity contribution < 1.29 is 4.74 Å². The minimum Gasteiger partial charge on any atom is -0.438 e. The molecule has 2 N–H and O–H groups in total. The van der Waals surface area contributed by atoms with Gasteiger partial charge in [-0.2, -0.15) is 0 Å². The van der Waals surface area contributed by atoms with Gasteiger partial charge in [-0.1, -0.05) is 36.4 Å². The van der Waals surface area contributed by atoms with E-state index in [2.05, 4.69) is 4.98 Å². The van der Waals surface area contributed by atoms with Crippen LogP contribution in [0.4, 0.5) is 0 Å². The number of hydrogen-bond acceptors (Lipinski definition) is 3. The van der Waals surface area contributed by atoms with Crippen LogP contribution in [0.25, 0.3) is 10.8 Å². The van der Waals surface area contributed by atoms with Gasteiger partial charge in [-0.15, -0.1) is 0 Å². The molecule has 2 aromatic carbocycles. The van der Waals surface area contributed by atoms with Gasteiger partial charge in [0, 0.05) is 11.9 Å². The van der Waals surface area contributed by atoms with Gasteiger partial charge < -0.3 is 10.5 Å². The van der Waals surface area contributed by atoms with E-state index in [0.717, 1.165) is 27.8 Å². The number of para-hydroxylation sites is 1. The Balaban J connectivity index is 2.13. The summed E-state index contributed by atoms with van der Waals surface area (Å²) in [7, 11) is 0. The van der Waals surface area contributed by atoms with Crippen LogP contribution in [0.3, 0.4) is 0 Å². The van der Waals surface area contributed by atoms with Crippen LogP contribution in [0.15, 0.2) is 54.6 Å². The van der Waals surface area contributed by atoms with Gasteiger partial charge in [-0.05, 0) is 36.1 Å². The van der Waals surface area contributed by atoms with Crippen LogP contribution in [0, 0.1) is 6.92 Å². The molecule has 0 bridgehead atoms. The molecule has 0 aliphatic heterocycles. The summed E-state index contributed by atoms with van der Waals surface area (Å²) in [5.41, 5.74) is 7.62. The minimum absolute atomic E-state index is 0.398. The van der Waals surface area contributed by atoms with Crippen molar-refractivity contribution in [2.45, 2.75) is 13.5 Å². The van der Waals surface area contributed by atoms with Crippen LogP contribution in [-0.4, -0.2) is 4.98 Å². The normalized spacial score (nSPS) is 10.7. The van der Waals surface area contributed by atoms with Crippen molar-refractivity contribution >= 4 is 10.8 Å². The summed E-state index contributed by atoms with van der Waals surface area (Å²) >= 11 is 0. The third-order valence-electron chi connectivity index (χ3n) is 3.27. The summed E-state index contributed by atoms with van der Waals surface area (Å²) in [6.45, 7) is 2.42. The summed E-state index contributed by atoms with van der Waals surface area (Å²) < 4.78 is 6.00. The first kappa shape index (κ1) is 12.6. The minimum atomic E-state index is 0.398. The average Bonchev–Trinajstić information content (AvgIpc) is 2.49. The zero-order valence-electron chi connectivity index (χ0n) is 11.3. The Morgan fingerprint density at radius 3 is 2.60 bits per heavy atom. The molecule has 0 unspecified atom stereocenters. The summed E-state index contributed by atoms with van der Waals surface area (Å²) in [5, 5.41) is 2.08. The van der Waals surface area contributed by atoms with Crippen LogP contribution in [-0.2, 0) is 6.54 Å². The van der Waals surface area contributed by atoms with Gasteiger partial charge in [-0.3, -0.25) is 0 Å². The molecule has 0 fully saturated rings. The van der Waals surface area contributed by atoms with Crippen LogP contribution >= 0.6 is 0 Å². The maximum atomic E-state index is 6.00. The number of aromatic nitrogens is 1. The molecule has 0 saturated carbocycles. The third-order valence-corrected chi connectivity index (χ3v) is 3.27. The second kappa shape index (κ2) is 5.31. The standard InChI is InChI=1S/C17H16N2O/c1-12-6-2-5-9-16(12)20-17-15-8-4-3-7-13(15)10-14(11-18)19-17/h2-10H,11,18H2,1H3. The molecule has 3 rings (SSSR count). The molecule has 1 heterocycles. The maximum Gasteiger partial charge on any atom is 0.227 e. The predicted octanol–water partition coefficient (Wildman–Crippen LogP) is 3.79. The number of nitrogens with zero attached hydrogens (tertiary/aromatic N) is 1. The predicted molar refractivity (Wildman–Crippen MR) is 80.9 cm³/mol. The zero-order valence-corrected chi connectivity index (χ0v) is 11.3. The van der Waals surface area contributed by atoms with Crippen molar-refractivity contribution in [3.63, 3.8) is 0 Å². The molecular formula is C17H16N2O. The van der Waals surface area contributed by atoms with Crippen molar-refractivity contribution in [2.75, 3.05) is 0 Å². The number of ether oxygens (including phenoxy) is 1. The highest BCUT2D eigenvalue weighted by Gasteiger charge is 2.08. The third kappa shape index (κ3) is 2.36. The van der Waals surface area contributed by atoms with E-state index in [1.807, 2.05) is 61.5 Å². The van der Waals surface area contributed by atoms with E-state index in [1.165, 1.54) is 0 Å². The summed E-state index contributed by atoms with van der Waals surface area (Å²) in [5.74, 6) is 1.43. The number of hydrogen-bond donors (Lipinski definition) is 1. The molecule has 0 saturated heterocycles. The topological polar surface area (TPSA) is 48.1 Å². The second-order valence-corrected chi connectivity index (χ2v) is 4.71. The molecule has 0 atom stereocenters. The Labute approximate surface area is 118 Å². The lowest BCUT2D eigenvalue weighted by Gasteiger charge is -2.11. The molecule has 0 aliphatic carbocycles. The van der Waals surface area contributed by atoms with E-state index in [4.69, 9.17) is 10.5 Å². The maximum absolute atomic E-state index is 6.00. The van der Waals surface area contributed by atoms with Crippen LogP contribution < -0.4 is 10.5 Å². The molecule has 3 nitrogen and oxygen atoms in total. The first-order valence-electron chi connectivity index (χ1n) is 6.60. The number of nitrogens with two attached hydrogens (primary N) is 1. The summed E-state index contributed by atoms with van der Waals surface area (Å²) in [6.07, 6.45) is 0. The van der Waals surface area contributed by atoms with Gasteiger partial charge >= 0.3 is 0 Å². The Morgan fingerprint density at radius 1 is 1.05 bits per heavy atom. The number of rotatable bonds is 3. The van der Waals surface area contributed by atoms with Gasteiger partial charge in [-0.25, -0.2) is 4.98 Å². The van der Waals surface area contributed by atoms with Crippen molar-refractivity contribution in [3.8, 4) is 11.6 Å². The molecule has 0 amide bonds. The van der Waals surface area contributed by atoms with Gasteiger partial charge in [0.05, 0.1) is 5.69 Å². The van der Waals surface area contributed by atoms with Crippen molar-refractivity contribution in [1.29, 1.82) is 0 Å². The number of aryl methyl sites for hydroxylation is 1. The summed E-state index contributed by atoms with van der Waals surface area (Å²) in [4.78, 5) is 4.51. The lowest BCUT2D eigenvalue weighted by atomic mass is 10.1. The van der Waals surface area contributed by atoms with E-state index >= 15 is 0 Å². The fourth-order valence-electron chi connectivity index (χ4n) is 2.18. The molecule has 3 heteroatoms. The van der Waals surface area contributed by atoms with E-state index in [0.29, 0.717) is 12.4 Å². The smallest absolute Gasteiger partial charge is 0.227 e. The molecule has 0 aliphatic rings. The lowest BCUT2D eigenvalue weighted by Crippen LogP contribution is -2.01.